The summed E-state index contributed by atoms with van der Waals surface area (Å²) >= 11 is 8.71. The molecule has 0 saturated carbocycles. The Morgan fingerprint density at radius 2 is 1.92 bits per heavy atom. The van der Waals surface area contributed by atoms with E-state index in [2.05, 4.69) is 37.1 Å². The van der Waals surface area contributed by atoms with E-state index >= 15 is 0 Å². The number of amides is 1. The number of hydrogen-bond donors (Lipinski definition) is 3. The molecule has 1 aliphatic heterocycles. The topological polar surface area (TPSA) is 110 Å². The van der Waals surface area contributed by atoms with Crippen molar-refractivity contribution in [2.75, 3.05) is 19.8 Å². The molecule has 1 heterocycles. The monoisotopic (exact) mass is 574 g/mol. The minimum Gasteiger partial charge on any atom is -0.493 e. The highest BCUT2D eigenvalue weighted by Gasteiger charge is 2.32. The van der Waals surface area contributed by atoms with Crippen LogP contribution in [0.15, 0.2) is 63.3 Å². The lowest BCUT2D eigenvalue weighted by Crippen LogP contribution is -2.45. The lowest BCUT2D eigenvalue weighted by Gasteiger charge is -2.30. The first-order chi connectivity index (χ1) is 17.3. The number of nitrogens with one attached hydrogen (secondary N) is 3. The molecule has 9 nitrogen and oxygen atoms in total. The Kier molecular flexibility index (Phi) is 9.83. The van der Waals surface area contributed by atoms with Gasteiger partial charge in [-0.1, -0.05) is 34.1 Å². The summed E-state index contributed by atoms with van der Waals surface area (Å²) in [4.78, 5) is 25.1. The Hall–Kier alpha value is -3.44. The van der Waals surface area contributed by atoms with Gasteiger partial charge in [0.2, 0.25) is 0 Å². The Labute approximate surface area is 223 Å². The molecule has 3 rings (SSSR count). The number of carbonyl (C=O) groups excluding carboxylic acids is 2. The average molecular weight is 575 g/mol. The summed E-state index contributed by atoms with van der Waals surface area (Å²) in [5, 5.41) is 10.4. The van der Waals surface area contributed by atoms with Gasteiger partial charge in [-0.25, -0.2) is 10.2 Å². The van der Waals surface area contributed by atoms with Gasteiger partial charge >= 0.3 is 5.97 Å². The van der Waals surface area contributed by atoms with E-state index in [1.807, 2.05) is 31.2 Å². The SMILES string of the molecule is CCOC(=O)C1=C(C)NC(=S)N[C@@H]1c1ccccc1OCC(=O)NN=Cc1cc(Br)ccc1OCC. The molecule has 0 unspecified atom stereocenters. The highest BCUT2D eigenvalue weighted by Crippen LogP contribution is 2.33. The highest BCUT2D eigenvalue weighted by molar-refractivity contribution is 9.10. The maximum atomic E-state index is 12.7. The van der Waals surface area contributed by atoms with Crippen molar-refractivity contribution in [3.63, 3.8) is 0 Å². The molecule has 11 heteroatoms. The number of benzene rings is 2. The van der Waals surface area contributed by atoms with E-state index < -0.39 is 17.9 Å². The molecular formula is C25H27BrN4O5S. The van der Waals surface area contributed by atoms with E-state index in [0.717, 1.165) is 4.47 Å². The third kappa shape index (κ3) is 7.05. The van der Waals surface area contributed by atoms with Gasteiger partial charge < -0.3 is 24.8 Å². The lowest BCUT2D eigenvalue weighted by molar-refractivity contribution is -0.139. The third-order valence-corrected chi connectivity index (χ3v) is 5.73. The number of thiocarbonyl (C=S) groups is 1. The van der Waals surface area contributed by atoms with E-state index in [9.17, 15) is 9.59 Å². The molecule has 36 heavy (non-hydrogen) atoms. The zero-order chi connectivity index (χ0) is 26.1. The van der Waals surface area contributed by atoms with Crippen LogP contribution in [0, 0.1) is 0 Å². The second-order valence-electron chi connectivity index (χ2n) is 7.53. The second-order valence-corrected chi connectivity index (χ2v) is 8.85. The summed E-state index contributed by atoms with van der Waals surface area (Å²) in [7, 11) is 0. The number of allylic oxidation sites excluding steroid dienone is 1. The first kappa shape index (κ1) is 27.2. The van der Waals surface area contributed by atoms with Gasteiger partial charge in [-0.05, 0) is 57.3 Å². The predicted octanol–water partition coefficient (Wildman–Crippen LogP) is 3.73. The van der Waals surface area contributed by atoms with Crippen LogP contribution < -0.4 is 25.5 Å². The van der Waals surface area contributed by atoms with Crippen LogP contribution in [0.2, 0.25) is 0 Å². The minimum absolute atomic E-state index is 0.234. The summed E-state index contributed by atoms with van der Waals surface area (Å²) in [6.45, 7) is 5.83. The quantitative estimate of drug-likeness (QED) is 0.170. The zero-order valence-electron chi connectivity index (χ0n) is 20.1. The van der Waals surface area contributed by atoms with Gasteiger partial charge in [0.1, 0.15) is 11.5 Å². The molecule has 1 aliphatic rings. The average Bonchev–Trinajstić information content (AvgIpc) is 2.84. The Morgan fingerprint density at radius 1 is 1.14 bits per heavy atom. The van der Waals surface area contributed by atoms with Gasteiger partial charge in [0.15, 0.2) is 11.7 Å². The summed E-state index contributed by atoms with van der Waals surface area (Å²) in [5.41, 5.74) is 4.76. The van der Waals surface area contributed by atoms with Crippen LogP contribution in [0.1, 0.15) is 37.9 Å². The molecule has 0 spiro atoms. The van der Waals surface area contributed by atoms with Crippen LogP contribution in [0.5, 0.6) is 11.5 Å². The molecule has 0 bridgehead atoms. The number of rotatable bonds is 10. The number of esters is 1. The van der Waals surface area contributed by atoms with E-state index in [0.29, 0.717) is 45.6 Å². The molecule has 190 valence electrons. The van der Waals surface area contributed by atoms with Crippen molar-refractivity contribution in [3.05, 3.63) is 69.3 Å². The van der Waals surface area contributed by atoms with Gasteiger partial charge in [0, 0.05) is 21.3 Å². The van der Waals surface area contributed by atoms with Crippen molar-refractivity contribution in [1.82, 2.24) is 16.1 Å². The summed E-state index contributed by atoms with van der Waals surface area (Å²) in [6, 6.07) is 12.0. The molecule has 2 aromatic rings. The smallest absolute Gasteiger partial charge is 0.338 e. The summed E-state index contributed by atoms with van der Waals surface area (Å²) in [6.07, 6.45) is 1.50. The fraction of sp³-hybridized carbons (Fsp3) is 0.280. The maximum Gasteiger partial charge on any atom is 0.338 e. The molecule has 0 saturated heterocycles. The van der Waals surface area contributed by atoms with Gasteiger partial charge in [-0.15, -0.1) is 0 Å². The molecule has 3 N–H and O–H groups in total. The fourth-order valence-corrected chi connectivity index (χ4v) is 4.16. The van der Waals surface area contributed by atoms with Crippen LogP contribution in [-0.4, -0.2) is 43.0 Å². The second kappa shape index (κ2) is 13.0. The van der Waals surface area contributed by atoms with Crippen molar-refractivity contribution in [2.45, 2.75) is 26.8 Å². The van der Waals surface area contributed by atoms with Gasteiger partial charge in [-0.2, -0.15) is 5.10 Å². The number of hydrazone groups is 1. The van der Waals surface area contributed by atoms with E-state index in [-0.39, 0.29) is 13.2 Å². The number of para-hydroxylation sites is 1. The standard InChI is InChI=1S/C25H27BrN4O5S/c1-4-33-19-11-10-17(26)12-16(19)13-27-30-21(31)14-35-20-9-7-6-8-18(20)23-22(24(32)34-5-2)15(3)28-25(36)29-23/h6-13,23H,4-5,14H2,1-3H3,(H,30,31)(H2,28,29,36)/t23-/m1/s1. The van der Waals surface area contributed by atoms with Crippen molar-refractivity contribution >= 4 is 51.4 Å². The number of nitrogens with zero attached hydrogens (tertiary/aromatic N) is 1. The first-order valence-corrected chi connectivity index (χ1v) is 12.5. The molecule has 0 aliphatic carbocycles. The normalized spacial score (nSPS) is 15.2. The van der Waals surface area contributed by atoms with Crippen LogP contribution >= 0.6 is 28.1 Å². The first-order valence-electron chi connectivity index (χ1n) is 11.2. The van der Waals surface area contributed by atoms with E-state index in [1.165, 1.54) is 6.21 Å². The number of ether oxygens (including phenoxy) is 3. The van der Waals surface area contributed by atoms with Crippen molar-refractivity contribution < 1.29 is 23.8 Å². The third-order valence-electron chi connectivity index (χ3n) is 5.02. The van der Waals surface area contributed by atoms with Crippen LogP contribution in [0.25, 0.3) is 0 Å². The van der Waals surface area contributed by atoms with Crippen LogP contribution in [-0.2, 0) is 14.3 Å². The van der Waals surface area contributed by atoms with Crippen molar-refractivity contribution in [3.8, 4) is 11.5 Å². The maximum absolute atomic E-state index is 12.7. The summed E-state index contributed by atoms with van der Waals surface area (Å²) < 4.78 is 17.5. The lowest BCUT2D eigenvalue weighted by atomic mass is 9.95. The molecule has 0 fully saturated rings. The highest BCUT2D eigenvalue weighted by atomic mass is 79.9. The molecule has 1 amide bonds. The number of halogens is 1. The number of carbonyl (C=O) groups is 2. The van der Waals surface area contributed by atoms with Gasteiger partial charge in [0.05, 0.1) is 31.0 Å². The molecular weight excluding hydrogens is 548 g/mol. The molecule has 0 aromatic heterocycles. The van der Waals surface area contributed by atoms with Gasteiger partial charge in [-0.3, -0.25) is 4.79 Å². The predicted molar refractivity (Wildman–Crippen MR) is 144 cm³/mol. The number of hydrogen-bond acceptors (Lipinski definition) is 7. The Morgan fingerprint density at radius 3 is 2.67 bits per heavy atom. The summed E-state index contributed by atoms with van der Waals surface area (Å²) in [5.74, 6) is 0.138. The largest absolute Gasteiger partial charge is 0.493 e. The van der Waals surface area contributed by atoms with Crippen LogP contribution in [0.4, 0.5) is 0 Å². The van der Waals surface area contributed by atoms with E-state index in [1.54, 1.807) is 32.0 Å². The molecule has 2 aromatic carbocycles. The fourth-order valence-electron chi connectivity index (χ4n) is 3.51. The Bertz CT molecular complexity index is 1200. The molecule has 0 radical (unpaired) electrons. The van der Waals surface area contributed by atoms with Crippen molar-refractivity contribution in [1.29, 1.82) is 0 Å². The Balaban J connectivity index is 1.71. The van der Waals surface area contributed by atoms with Crippen LogP contribution in [0.3, 0.4) is 0 Å². The zero-order valence-corrected chi connectivity index (χ0v) is 22.5. The minimum atomic E-state index is -0.608. The van der Waals surface area contributed by atoms with Gasteiger partial charge in [0.25, 0.3) is 5.91 Å². The van der Waals surface area contributed by atoms with E-state index in [4.69, 9.17) is 26.4 Å². The van der Waals surface area contributed by atoms with Crippen molar-refractivity contribution in [2.24, 2.45) is 5.10 Å². The molecule has 1 atom stereocenters.